The Labute approximate surface area is 182 Å². The van der Waals surface area contributed by atoms with Crippen LogP contribution in [0.5, 0.6) is 0 Å². The van der Waals surface area contributed by atoms with Crippen molar-refractivity contribution in [3.8, 4) is 0 Å². The lowest BCUT2D eigenvalue weighted by atomic mass is 10.1. The Hall–Kier alpha value is -3.09. The molecule has 3 aromatic rings. The number of ketones is 1. The molecule has 2 heterocycles. The van der Waals surface area contributed by atoms with Gasteiger partial charge in [0.2, 0.25) is 0 Å². The number of amides is 1. The number of carbonyl (C=O) groups excluding carboxylic acids is 3. The topological polar surface area (TPSA) is 77.4 Å². The van der Waals surface area contributed by atoms with Crippen molar-refractivity contribution < 1.29 is 19.1 Å². The van der Waals surface area contributed by atoms with Gasteiger partial charge in [0.25, 0.3) is 11.7 Å². The highest BCUT2D eigenvalue weighted by molar-refractivity contribution is 6.46. The predicted octanol–water partition coefficient (Wildman–Crippen LogP) is 4.04. The Kier molecular flexibility index (Phi) is 5.37. The summed E-state index contributed by atoms with van der Waals surface area (Å²) < 4.78 is 6.71. The highest BCUT2D eigenvalue weighted by Gasteiger charge is 2.27. The largest absolute Gasteiger partial charge is 0.456 e. The first-order chi connectivity index (χ1) is 14.3. The molecule has 6 nitrogen and oxygen atoms in total. The van der Waals surface area contributed by atoms with Gasteiger partial charge in [0, 0.05) is 39.3 Å². The number of carbonyl (C=O) groups is 3. The van der Waals surface area contributed by atoms with E-state index in [9.17, 15) is 14.4 Å². The Bertz CT molecular complexity index is 1230. The van der Waals surface area contributed by atoms with Gasteiger partial charge in [0.15, 0.2) is 0 Å². The molecule has 152 valence electrons. The summed E-state index contributed by atoms with van der Waals surface area (Å²) in [7, 11) is 0. The number of halogens is 2. The summed E-state index contributed by atoms with van der Waals surface area (Å²) in [6.45, 7) is 2.20. The van der Waals surface area contributed by atoms with E-state index in [4.69, 9.17) is 27.9 Å². The fraction of sp³-hybridized carbons (Fsp3) is 0.136. The predicted molar refractivity (Wildman–Crippen MR) is 114 cm³/mol. The van der Waals surface area contributed by atoms with Gasteiger partial charge in [0.05, 0.1) is 11.3 Å². The number of hydrogen-bond donors (Lipinski definition) is 1. The van der Waals surface area contributed by atoms with E-state index in [1.807, 2.05) is 22.8 Å². The monoisotopic (exact) mass is 442 g/mol. The first-order valence-electron chi connectivity index (χ1n) is 9.09. The number of ether oxygens (including phenoxy) is 1. The maximum atomic E-state index is 13.0. The summed E-state index contributed by atoms with van der Waals surface area (Å²) in [5, 5.41) is 4.13. The number of fused-ring (bicyclic) bond motifs is 1. The van der Waals surface area contributed by atoms with E-state index in [1.54, 1.807) is 31.2 Å². The molecular formula is C22H16Cl2N2O4. The first-order valence-corrected chi connectivity index (χ1v) is 9.85. The van der Waals surface area contributed by atoms with Gasteiger partial charge >= 0.3 is 5.97 Å². The van der Waals surface area contributed by atoms with Crippen LogP contribution in [0.3, 0.4) is 0 Å². The van der Waals surface area contributed by atoms with E-state index in [0.29, 0.717) is 27.7 Å². The van der Waals surface area contributed by atoms with Crippen LogP contribution in [0.1, 0.15) is 21.6 Å². The average molecular weight is 443 g/mol. The van der Waals surface area contributed by atoms with Crippen molar-refractivity contribution in [2.45, 2.75) is 13.5 Å². The van der Waals surface area contributed by atoms with Crippen LogP contribution in [0.4, 0.5) is 0 Å². The van der Waals surface area contributed by atoms with Gasteiger partial charge in [-0.3, -0.25) is 9.59 Å². The molecule has 0 saturated heterocycles. The molecule has 0 atom stereocenters. The van der Waals surface area contributed by atoms with Crippen LogP contribution in [-0.4, -0.2) is 28.8 Å². The lowest BCUT2D eigenvalue weighted by Crippen LogP contribution is -2.31. The highest BCUT2D eigenvalue weighted by Crippen LogP contribution is 2.30. The molecule has 1 amide bonds. The number of rotatable bonds is 5. The summed E-state index contributed by atoms with van der Waals surface area (Å²) in [5.74, 6) is -2.11. The summed E-state index contributed by atoms with van der Waals surface area (Å²) in [6.07, 6.45) is 1.15. The molecule has 1 aliphatic heterocycles. The number of nitrogens with zero attached hydrogens (tertiary/aromatic N) is 1. The molecule has 4 rings (SSSR count). The van der Waals surface area contributed by atoms with Crippen molar-refractivity contribution in [3.63, 3.8) is 0 Å². The molecule has 1 aromatic heterocycles. The van der Waals surface area contributed by atoms with Crippen LogP contribution in [0.25, 0.3) is 10.9 Å². The van der Waals surface area contributed by atoms with Crippen LogP contribution >= 0.6 is 23.2 Å². The molecule has 1 aliphatic rings. The zero-order valence-corrected chi connectivity index (χ0v) is 17.4. The molecule has 2 aromatic carbocycles. The molecule has 0 bridgehead atoms. The third-order valence-corrected chi connectivity index (χ3v) is 5.40. The molecular weight excluding hydrogens is 427 g/mol. The number of nitrogens with one attached hydrogen (secondary N) is 1. The zero-order chi connectivity index (χ0) is 21.4. The summed E-state index contributed by atoms with van der Waals surface area (Å²) in [5.41, 5.74) is 2.92. The SMILES string of the molecule is Cc1c(C(=O)C(=O)NC2=CC(=O)OC2)c2cc(Cl)ccc2n1Cc1ccc(Cl)cc1. The van der Waals surface area contributed by atoms with Crippen molar-refractivity contribution >= 4 is 51.8 Å². The van der Waals surface area contributed by atoms with Gasteiger partial charge in [0.1, 0.15) is 6.61 Å². The maximum absolute atomic E-state index is 13.0. The summed E-state index contributed by atoms with van der Waals surface area (Å²) in [6, 6.07) is 12.6. The van der Waals surface area contributed by atoms with Crippen LogP contribution in [0, 0.1) is 6.92 Å². The van der Waals surface area contributed by atoms with Crippen molar-refractivity contribution in [1.29, 1.82) is 0 Å². The number of benzene rings is 2. The summed E-state index contributed by atoms with van der Waals surface area (Å²) in [4.78, 5) is 36.8. The van der Waals surface area contributed by atoms with E-state index >= 15 is 0 Å². The molecule has 30 heavy (non-hydrogen) atoms. The number of Topliss-reactive ketones (excluding diaryl/α,β-unsaturated/α-hetero) is 1. The van der Waals surface area contributed by atoms with E-state index < -0.39 is 17.7 Å². The highest BCUT2D eigenvalue weighted by atomic mass is 35.5. The van der Waals surface area contributed by atoms with Crippen LogP contribution in [-0.2, 0) is 20.9 Å². The molecule has 0 unspecified atom stereocenters. The van der Waals surface area contributed by atoms with Crippen LogP contribution in [0.2, 0.25) is 10.0 Å². The fourth-order valence-corrected chi connectivity index (χ4v) is 3.78. The normalized spacial score (nSPS) is 13.3. The van der Waals surface area contributed by atoms with Gasteiger partial charge in [-0.25, -0.2) is 4.79 Å². The fourth-order valence-electron chi connectivity index (χ4n) is 3.48. The standard InChI is InChI=1S/C22H16Cl2N2O4/c1-12-20(21(28)22(29)25-16-9-19(27)30-11-16)17-8-15(24)6-7-18(17)26(12)10-13-2-4-14(23)5-3-13/h2-9H,10-11H2,1H3,(H,25,29). The summed E-state index contributed by atoms with van der Waals surface area (Å²) >= 11 is 12.1. The second-order valence-corrected chi connectivity index (χ2v) is 7.77. The second kappa shape index (κ2) is 7.97. The number of esters is 1. The quantitative estimate of drug-likeness (QED) is 0.367. The van der Waals surface area contributed by atoms with Crippen LogP contribution in [0.15, 0.2) is 54.2 Å². The lowest BCUT2D eigenvalue weighted by Gasteiger charge is -2.09. The van der Waals surface area contributed by atoms with Crippen LogP contribution < -0.4 is 5.32 Å². The number of hydrogen-bond acceptors (Lipinski definition) is 4. The zero-order valence-electron chi connectivity index (χ0n) is 15.9. The van der Waals surface area contributed by atoms with Gasteiger partial charge in [-0.15, -0.1) is 0 Å². The van der Waals surface area contributed by atoms with Crippen molar-refractivity contribution in [2.75, 3.05) is 6.61 Å². The molecule has 8 heteroatoms. The van der Waals surface area contributed by atoms with Gasteiger partial charge in [-0.1, -0.05) is 35.3 Å². The van der Waals surface area contributed by atoms with E-state index in [-0.39, 0.29) is 17.9 Å². The van der Waals surface area contributed by atoms with E-state index in [1.165, 1.54) is 0 Å². The van der Waals surface area contributed by atoms with Gasteiger partial charge in [-0.2, -0.15) is 0 Å². The van der Waals surface area contributed by atoms with E-state index in [0.717, 1.165) is 17.2 Å². The average Bonchev–Trinajstić information content (AvgIpc) is 3.23. The lowest BCUT2D eigenvalue weighted by molar-refractivity contribution is -0.135. The molecule has 0 radical (unpaired) electrons. The first kappa shape index (κ1) is 20.2. The molecule has 0 fully saturated rings. The Morgan fingerprint density at radius 3 is 2.47 bits per heavy atom. The molecule has 1 N–H and O–H groups in total. The van der Waals surface area contributed by atoms with Crippen molar-refractivity contribution in [3.05, 3.63) is 81.1 Å². The number of cyclic esters (lactones) is 1. The third-order valence-electron chi connectivity index (χ3n) is 4.91. The van der Waals surface area contributed by atoms with Gasteiger partial charge in [-0.05, 0) is 42.8 Å². The van der Waals surface area contributed by atoms with Crippen molar-refractivity contribution in [2.24, 2.45) is 0 Å². The third kappa shape index (κ3) is 3.84. The molecule has 0 aliphatic carbocycles. The Morgan fingerprint density at radius 2 is 1.80 bits per heavy atom. The minimum absolute atomic E-state index is 0.0685. The minimum Gasteiger partial charge on any atom is -0.456 e. The van der Waals surface area contributed by atoms with E-state index in [2.05, 4.69) is 5.32 Å². The molecule has 0 spiro atoms. The van der Waals surface area contributed by atoms with Gasteiger partial charge < -0.3 is 14.6 Å². The second-order valence-electron chi connectivity index (χ2n) is 6.90. The Morgan fingerprint density at radius 1 is 1.10 bits per heavy atom. The Balaban J connectivity index is 1.74. The minimum atomic E-state index is -0.840. The maximum Gasteiger partial charge on any atom is 0.333 e. The smallest absolute Gasteiger partial charge is 0.333 e. The van der Waals surface area contributed by atoms with Crippen molar-refractivity contribution in [1.82, 2.24) is 9.88 Å². The number of aromatic nitrogens is 1. The molecule has 0 saturated carbocycles.